The van der Waals surface area contributed by atoms with Gasteiger partial charge in [0.2, 0.25) is 5.91 Å². The van der Waals surface area contributed by atoms with E-state index in [0.717, 1.165) is 18.1 Å². The second kappa shape index (κ2) is 4.14. The number of nitrogens with zero attached hydrogens (tertiary/aromatic N) is 3. The van der Waals surface area contributed by atoms with E-state index in [1.54, 1.807) is 18.3 Å². The van der Waals surface area contributed by atoms with Gasteiger partial charge in [0.1, 0.15) is 11.6 Å². The Labute approximate surface area is 92.9 Å². The lowest BCUT2D eigenvalue weighted by Crippen LogP contribution is -2.11. The fraction of sp³-hybridized carbons (Fsp3) is 0.182. The van der Waals surface area contributed by atoms with Crippen molar-refractivity contribution in [3.8, 4) is 5.82 Å². The summed E-state index contributed by atoms with van der Waals surface area (Å²) in [6.07, 6.45) is 5.86. The van der Waals surface area contributed by atoms with Gasteiger partial charge in [-0.05, 0) is 12.1 Å². The molecule has 2 rings (SSSR count). The molecule has 5 nitrogen and oxygen atoms in total. The lowest BCUT2D eigenvalue weighted by Gasteiger charge is -2.05. The van der Waals surface area contributed by atoms with E-state index in [4.69, 9.17) is 5.73 Å². The molecule has 16 heavy (non-hydrogen) atoms. The highest BCUT2D eigenvalue weighted by molar-refractivity contribution is 5.92. The highest BCUT2D eigenvalue weighted by Gasteiger charge is 2.05. The van der Waals surface area contributed by atoms with Crippen LogP contribution in [0.15, 0.2) is 30.7 Å². The molecule has 0 saturated heterocycles. The van der Waals surface area contributed by atoms with Crippen LogP contribution in [0.3, 0.4) is 0 Å². The third-order valence-electron chi connectivity index (χ3n) is 2.31. The first-order valence-corrected chi connectivity index (χ1v) is 5.01. The molecular weight excluding hydrogens is 204 g/mol. The minimum absolute atomic E-state index is 0.405. The first kappa shape index (κ1) is 10.4. The summed E-state index contributed by atoms with van der Waals surface area (Å²) >= 11 is 0. The van der Waals surface area contributed by atoms with Gasteiger partial charge in [-0.2, -0.15) is 0 Å². The number of pyridine rings is 1. The highest BCUT2D eigenvalue weighted by Crippen LogP contribution is 2.09. The molecule has 0 saturated carbocycles. The summed E-state index contributed by atoms with van der Waals surface area (Å²) in [5.41, 5.74) is 5.55. The Morgan fingerprint density at radius 2 is 2.25 bits per heavy atom. The number of hydrogen-bond donors (Lipinski definition) is 1. The monoisotopic (exact) mass is 216 g/mol. The lowest BCUT2D eigenvalue weighted by molar-refractivity contribution is 0.1000. The number of carbonyl (C=O) groups excluding carboxylic acids is 1. The van der Waals surface area contributed by atoms with E-state index in [-0.39, 0.29) is 0 Å². The summed E-state index contributed by atoms with van der Waals surface area (Å²) < 4.78 is 1.88. The fourth-order valence-electron chi connectivity index (χ4n) is 1.48. The van der Waals surface area contributed by atoms with E-state index >= 15 is 0 Å². The average Bonchev–Trinajstić information content (AvgIpc) is 2.77. The van der Waals surface area contributed by atoms with Crippen molar-refractivity contribution in [2.45, 2.75) is 13.3 Å². The van der Waals surface area contributed by atoms with E-state index in [9.17, 15) is 4.79 Å². The van der Waals surface area contributed by atoms with Crippen molar-refractivity contribution in [2.24, 2.45) is 5.73 Å². The van der Waals surface area contributed by atoms with Gasteiger partial charge in [0, 0.05) is 25.0 Å². The molecule has 2 aromatic rings. The SMILES string of the molecule is CCc1nccn1-c1ccc(C(N)=O)cn1. The van der Waals surface area contributed by atoms with Gasteiger partial charge < -0.3 is 5.73 Å². The van der Waals surface area contributed by atoms with E-state index < -0.39 is 5.91 Å². The zero-order chi connectivity index (χ0) is 11.5. The normalized spacial score (nSPS) is 10.3. The Morgan fingerprint density at radius 3 is 2.81 bits per heavy atom. The maximum atomic E-state index is 10.9. The highest BCUT2D eigenvalue weighted by atomic mass is 16.1. The number of hydrogen-bond acceptors (Lipinski definition) is 3. The Bertz CT molecular complexity index is 501. The van der Waals surface area contributed by atoms with Crippen LogP contribution in [0.25, 0.3) is 5.82 Å². The van der Waals surface area contributed by atoms with Crippen LogP contribution in [-0.2, 0) is 6.42 Å². The Balaban J connectivity index is 2.38. The molecular formula is C11H12N4O. The summed E-state index contributed by atoms with van der Waals surface area (Å²) in [6, 6.07) is 3.41. The van der Waals surface area contributed by atoms with Crippen LogP contribution in [0.5, 0.6) is 0 Å². The van der Waals surface area contributed by atoms with Crippen LogP contribution < -0.4 is 5.73 Å². The summed E-state index contributed by atoms with van der Waals surface area (Å²) in [5, 5.41) is 0. The third-order valence-corrected chi connectivity index (χ3v) is 2.31. The molecule has 2 heterocycles. The summed E-state index contributed by atoms with van der Waals surface area (Å²) in [5.74, 6) is 1.19. The number of rotatable bonds is 3. The van der Waals surface area contributed by atoms with Crippen molar-refractivity contribution >= 4 is 5.91 Å². The van der Waals surface area contributed by atoms with E-state index in [1.807, 2.05) is 17.7 Å². The van der Waals surface area contributed by atoms with Crippen molar-refractivity contribution < 1.29 is 4.79 Å². The van der Waals surface area contributed by atoms with Crippen LogP contribution in [0, 0.1) is 0 Å². The largest absolute Gasteiger partial charge is 0.366 e. The molecule has 0 aromatic carbocycles. The first-order valence-electron chi connectivity index (χ1n) is 5.01. The average molecular weight is 216 g/mol. The summed E-state index contributed by atoms with van der Waals surface area (Å²) in [6.45, 7) is 2.02. The van der Waals surface area contributed by atoms with Crippen molar-refractivity contribution in [1.29, 1.82) is 0 Å². The number of carbonyl (C=O) groups is 1. The zero-order valence-corrected chi connectivity index (χ0v) is 8.92. The van der Waals surface area contributed by atoms with Gasteiger partial charge in [0.25, 0.3) is 0 Å². The van der Waals surface area contributed by atoms with Crippen LogP contribution in [0.4, 0.5) is 0 Å². The predicted molar refractivity (Wildman–Crippen MR) is 59.3 cm³/mol. The summed E-state index contributed by atoms with van der Waals surface area (Å²) in [7, 11) is 0. The van der Waals surface area contributed by atoms with Crippen molar-refractivity contribution in [3.05, 3.63) is 42.1 Å². The van der Waals surface area contributed by atoms with Gasteiger partial charge in [-0.3, -0.25) is 9.36 Å². The van der Waals surface area contributed by atoms with Gasteiger partial charge in [-0.1, -0.05) is 6.92 Å². The van der Waals surface area contributed by atoms with Crippen LogP contribution in [-0.4, -0.2) is 20.4 Å². The van der Waals surface area contributed by atoms with Gasteiger partial charge in [0.15, 0.2) is 0 Å². The predicted octanol–water partition coefficient (Wildman–Crippen LogP) is 0.929. The Hall–Kier alpha value is -2.17. The van der Waals surface area contributed by atoms with Crippen molar-refractivity contribution in [2.75, 3.05) is 0 Å². The van der Waals surface area contributed by atoms with Crippen LogP contribution in [0.2, 0.25) is 0 Å². The fourth-order valence-corrected chi connectivity index (χ4v) is 1.48. The lowest BCUT2D eigenvalue weighted by atomic mass is 10.3. The Morgan fingerprint density at radius 1 is 1.44 bits per heavy atom. The van der Waals surface area contributed by atoms with Gasteiger partial charge >= 0.3 is 0 Å². The maximum Gasteiger partial charge on any atom is 0.250 e. The molecule has 0 unspecified atom stereocenters. The first-order chi connectivity index (χ1) is 7.72. The summed E-state index contributed by atoms with van der Waals surface area (Å²) in [4.78, 5) is 19.3. The molecule has 0 aliphatic rings. The second-order valence-electron chi connectivity index (χ2n) is 3.34. The molecule has 82 valence electrons. The Kier molecular flexibility index (Phi) is 2.68. The molecule has 0 aliphatic heterocycles. The zero-order valence-electron chi connectivity index (χ0n) is 8.92. The minimum atomic E-state index is -0.472. The van der Waals surface area contributed by atoms with E-state index in [0.29, 0.717) is 5.56 Å². The van der Waals surface area contributed by atoms with Gasteiger partial charge in [-0.15, -0.1) is 0 Å². The molecule has 2 aromatic heterocycles. The molecule has 5 heteroatoms. The van der Waals surface area contributed by atoms with Crippen LogP contribution in [0.1, 0.15) is 23.1 Å². The van der Waals surface area contributed by atoms with E-state index in [1.165, 1.54) is 6.20 Å². The molecule has 0 bridgehead atoms. The van der Waals surface area contributed by atoms with E-state index in [2.05, 4.69) is 9.97 Å². The van der Waals surface area contributed by atoms with Gasteiger partial charge in [0.05, 0.1) is 5.56 Å². The van der Waals surface area contributed by atoms with Crippen LogP contribution >= 0.6 is 0 Å². The van der Waals surface area contributed by atoms with Crippen molar-refractivity contribution in [1.82, 2.24) is 14.5 Å². The van der Waals surface area contributed by atoms with Crippen molar-refractivity contribution in [3.63, 3.8) is 0 Å². The molecule has 0 fully saturated rings. The topological polar surface area (TPSA) is 73.8 Å². The quantitative estimate of drug-likeness (QED) is 0.829. The number of primary amides is 1. The smallest absolute Gasteiger partial charge is 0.250 e. The second-order valence-corrected chi connectivity index (χ2v) is 3.34. The molecule has 0 atom stereocenters. The number of imidazole rings is 1. The number of aryl methyl sites for hydroxylation is 1. The van der Waals surface area contributed by atoms with Gasteiger partial charge in [-0.25, -0.2) is 9.97 Å². The molecule has 0 radical (unpaired) electrons. The molecule has 2 N–H and O–H groups in total. The third kappa shape index (κ3) is 1.79. The molecule has 0 spiro atoms. The standard InChI is InChI=1S/C11H12N4O/c1-2-9-13-5-6-15(9)10-4-3-8(7-14-10)11(12)16/h3-7H,2H2,1H3,(H2,12,16). The molecule has 1 amide bonds. The number of nitrogens with two attached hydrogens (primary N) is 1. The number of amides is 1. The number of aromatic nitrogens is 3. The molecule has 0 aliphatic carbocycles. The minimum Gasteiger partial charge on any atom is -0.366 e. The maximum absolute atomic E-state index is 10.9.